The number of hydrogen-bond acceptors (Lipinski definition) is 6. The molecule has 3 rings (SSSR count). The van der Waals surface area contributed by atoms with Crippen molar-refractivity contribution in [3.05, 3.63) is 28.3 Å². The number of nitro groups is 1. The summed E-state index contributed by atoms with van der Waals surface area (Å²) in [5, 5.41) is 14.6. The van der Waals surface area contributed by atoms with Gasteiger partial charge < -0.3 is 10.2 Å². The van der Waals surface area contributed by atoms with Crippen LogP contribution in [-0.2, 0) is 10.0 Å². The maximum atomic E-state index is 12.7. The van der Waals surface area contributed by atoms with Crippen molar-refractivity contribution < 1.29 is 13.3 Å². The summed E-state index contributed by atoms with van der Waals surface area (Å²) in [7, 11) is -3.66. The second-order valence-corrected chi connectivity index (χ2v) is 9.52. The van der Waals surface area contributed by atoms with Gasteiger partial charge in [0.05, 0.1) is 9.82 Å². The summed E-state index contributed by atoms with van der Waals surface area (Å²) in [6.07, 6.45) is 7.64. The van der Waals surface area contributed by atoms with E-state index in [0.717, 1.165) is 38.9 Å². The Balaban J connectivity index is 1.62. The molecule has 2 saturated heterocycles. The summed E-state index contributed by atoms with van der Waals surface area (Å²) >= 11 is 0. The van der Waals surface area contributed by atoms with Crippen LogP contribution in [0.15, 0.2) is 23.1 Å². The van der Waals surface area contributed by atoms with E-state index in [9.17, 15) is 18.5 Å². The topological polar surface area (TPSA) is 95.8 Å². The Morgan fingerprint density at radius 1 is 1.00 bits per heavy atom. The van der Waals surface area contributed by atoms with Gasteiger partial charge in [-0.05, 0) is 63.9 Å². The number of nitro benzene ring substituents is 1. The first kappa shape index (κ1) is 21.0. The lowest BCUT2D eigenvalue weighted by atomic mass is 10.2. The number of nitrogens with zero attached hydrogens (tertiary/aromatic N) is 3. The van der Waals surface area contributed by atoms with Crippen LogP contribution in [0.25, 0.3) is 0 Å². The van der Waals surface area contributed by atoms with E-state index in [-0.39, 0.29) is 10.6 Å². The van der Waals surface area contributed by atoms with Gasteiger partial charge in [-0.15, -0.1) is 0 Å². The molecule has 0 amide bonds. The average Bonchev–Trinajstić information content (AvgIpc) is 3.11. The lowest BCUT2D eigenvalue weighted by molar-refractivity contribution is -0.384. The van der Waals surface area contributed by atoms with E-state index >= 15 is 0 Å². The highest BCUT2D eigenvalue weighted by molar-refractivity contribution is 7.89. The first-order valence-corrected chi connectivity index (χ1v) is 11.7. The van der Waals surface area contributed by atoms with Crippen molar-refractivity contribution in [1.82, 2.24) is 9.21 Å². The standard InChI is InChI=1S/C19H30N4O4S/c24-23(25)19-16-17(28(26,27)22-14-5-6-15-22)8-9-18(19)20-10-7-13-21-11-3-1-2-4-12-21/h8-9,16,20H,1-7,10-15H2. The SMILES string of the molecule is O=[N+]([O-])c1cc(S(=O)(=O)N2CCCC2)ccc1NCCCN1CCCCCC1. The molecule has 0 aromatic heterocycles. The minimum absolute atomic E-state index is 0.00350. The monoisotopic (exact) mass is 410 g/mol. The average molecular weight is 411 g/mol. The zero-order valence-electron chi connectivity index (χ0n) is 16.3. The fraction of sp³-hybridized carbons (Fsp3) is 0.684. The van der Waals surface area contributed by atoms with Crippen LogP contribution in [0.1, 0.15) is 44.9 Å². The molecule has 1 N–H and O–H groups in total. The highest BCUT2D eigenvalue weighted by Crippen LogP contribution is 2.30. The van der Waals surface area contributed by atoms with Crippen LogP contribution in [0.5, 0.6) is 0 Å². The lowest BCUT2D eigenvalue weighted by Crippen LogP contribution is -2.28. The van der Waals surface area contributed by atoms with Crippen molar-refractivity contribution in [3.8, 4) is 0 Å². The van der Waals surface area contributed by atoms with Gasteiger partial charge in [-0.2, -0.15) is 4.31 Å². The lowest BCUT2D eigenvalue weighted by Gasteiger charge is -2.19. The third-order valence-corrected chi connectivity index (χ3v) is 7.43. The maximum absolute atomic E-state index is 12.7. The van der Waals surface area contributed by atoms with Gasteiger partial charge in [0.25, 0.3) is 5.69 Å². The van der Waals surface area contributed by atoms with Gasteiger partial charge in [0.2, 0.25) is 10.0 Å². The third-order valence-electron chi connectivity index (χ3n) is 5.53. The molecule has 2 aliphatic heterocycles. The maximum Gasteiger partial charge on any atom is 0.293 e. The number of rotatable bonds is 8. The van der Waals surface area contributed by atoms with Crippen molar-refractivity contribution in [2.45, 2.75) is 49.8 Å². The molecule has 28 heavy (non-hydrogen) atoms. The van der Waals surface area contributed by atoms with Gasteiger partial charge in [0, 0.05) is 25.7 Å². The van der Waals surface area contributed by atoms with E-state index in [4.69, 9.17) is 0 Å². The van der Waals surface area contributed by atoms with Crippen molar-refractivity contribution >= 4 is 21.4 Å². The quantitative estimate of drug-likeness (QED) is 0.402. The zero-order chi connectivity index (χ0) is 20.0. The summed E-state index contributed by atoms with van der Waals surface area (Å²) in [5.41, 5.74) is 0.191. The van der Waals surface area contributed by atoms with Crippen LogP contribution in [0.2, 0.25) is 0 Å². The number of hydrogen-bond donors (Lipinski definition) is 1. The predicted molar refractivity (Wildman–Crippen MR) is 109 cm³/mol. The molecule has 0 saturated carbocycles. The molecule has 0 atom stereocenters. The van der Waals surface area contributed by atoms with Crippen LogP contribution >= 0.6 is 0 Å². The van der Waals surface area contributed by atoms with Crippen LogP contribution in [0, 0.1) is 10.1 Å². The van der Waals surface area contributed by atoms with Crippen LogP contribution in [-0.4, -0.2) is 61.8 Å². The molecular formula is C19H30N4O4S. The minimum Gasteiger partial charge on any atom is -0.379 e. The van der Waals surface area contributed by atoms with E-state index in [2.05, 4.69) is 10.2 Å². The fourth-order valence-electron chi connectivity index (χ4n) is 3.94. The smallest absolute Gasteiger partial charge is 0.293 e. The minimum atomic E-state index is -3.66. The van der Waals surface area contributed by atoms with E-state index in [1.54, 1.807) is 0 Å². The zero-order valence-corrected chi connectivity index (χ0v) is 17.1. The molecule has 2 heterocycles. The van der Waals surface area contributed by atoms with Gasteiger partial charge in [-0.3, -0.25) is 10.1 Å². The van der Waals surface area contributed by atoms with Crippen LogP contribution in [0.3, 0.4) is 0 Å². The van der Waals surface area contributed by atoms with Gasteiger partial charge >= 0.3 is 0 Å². The molecule has 0 bridgehead atoms. The molecule has 2 fully saturated rings. The van der Waals surface area contributed by atoms with E-state index in [1.807, 2.05) is 0 Å². The Morgan fingerprint density at radius 2 is 1.64 bits per heavy atom. The summed E-state index contributed by atoms with van der Waals surface area (Å²) in [6.45, 7) is 4.81. The summed E-state index contributed by atoms with van der Waals surface area (Å²) in [6, 6.07) is 4.18. The second kappa shape index (κ2) is 9.67. The Labute approximate surface area is 167 Å². The molecule has 1 aromatic rings. The Kier molecular flexibility index (Phi) is 7.25. The number of sulfonamides is 1. The van der Waals surface area contributed by atoms with Crippen LogP contribution < -0.4 is 5.32 Å². The molecule has 0 radical (unpaired) electrons. The van der Waals surface area contributed by atoms with Gasteiger partial charge in [-0.1, -0.05) is 12.8 Å². The molecule has 0 aliphatic carbocycles. The third kappa shape index (κ3) is 5.21. The molecule has 9 heteroatoms. The Bertz CT molecular complexity index is 770. The van der Waals surface area contributed by atoms with Crippen molar-refractivity contribution in [2.75, 3.05) is 44.6 Å². The van der Waals surface area contributed by atoms with Crippen LogP contribution in [0.4, 0.5) is 11.4 Å². The van der Waals surface area contributed by atoms with E-state index in [0.29, 0.717) is 25.3 Å². The van der Waals surface area contributed by atoms with Gasteiger partial charge in [-0.25, -0.2) is 8.42 Å². The van der Waals surface area contributed by atoms with E-state index < -0.39 is 14.9 Å². The van der Waals surface area contributed by atoms with Gasteiger partial charge in [0.1, 0.15) is 5.69 Å². The first-order chi connectivity index (χ1) is 13.5. The van der Waals surface area contributed by atoms with Gasteiger partial charge in [0.15, 0.2) is 0 Å². The Morgan fingerprint density at radius 3 is 2.29 bits per heavy atom. The fourth-order valence-corrected chi connectivity index (χ4v) is 5.47. The molecular weight excluding hydrogens is 380 g/mol. The number of anilines is 1. The van der Waals surface area contributed by atoms with Crippen molar-refractivity contribution in [2.24, 2.45) is 0 Å². The summed E-state index contributed by atoms with van der Waals surface area (Å²) in [5.74, 6) is 0. The van der Waals surface area contributed by atoms with Crippen molar-refractivity contribution in [1.29, 1.82) is 0 Å². The van der Waals surface area contributed by atoms with Crippen molar-refractivity contribution in [3.63, 3.8) is 0 Å². The highest BCUT2D eigenvalue weighted by atomic mass is 32.2. The number of likely N-dealkylation sites (tertiary alicyclic amines) is 1. The molecule has 1 aromatic carbocycles. The summed E-state index contributed by atoms with van der Waals surface area (Å²) in [4.78, 5) is 13.4. The Hall–Kier alpha value is -1.71. The number of nitrogens with one attached hydrogen (secondary N) is 1. The first-order valence-electron chi connectivity index (χ1n) is 10.2. The second-order valence-electron chi connectivity index (χ2n) is 7.58. The largest absolute Gasteiger partial charge is 0.379 e. The molecule has 2 aliphatic rings. The molecule has 8 nitrogen and oxygen atoms in total. The molecule has 156 valence electrons. The summed E-state index contributed by atoms with van der Waals surface area (Å²) < 4.78 is 26.7. The number of benzene rings is 1. The molecule has 0 unspecified atom stereocenters. The molecule has 0 spiro atoms. The van der Waals surface area contributed by atoms with E-state index in [1.165, 1.54) is 48.2 Å². The highest BCUT2D eigenvalue weighted by Gasteiger charge is 2.29. The normalized spacial score (nSPS) is 19.4. The predicted octanol–water partition coefficient (Wildman–Crippen LogP) is 3.06.